The van der Waals surface area contributed by atoms with Gasteiger partial charge in [-0.3, -0.25) is 10.1 Å². The molecule has 0 unspecified atom stereocenters. The molecule has 0 aliphatic carbocycles. The summed E-state index contributed by atoms with van der Waals surface area (Å²) in [6.07, 6.45) is 0. The Balaban J connectivity index is 0.00000162. The molecule has 1 aromatic rings. The first-order valence-electron chi connectivity index (χ1n) is 5.63. The summed E-state index contributed by atoms with van der Waals surface area (Å²) in [6, 6.07) is 8.41. The number of piperazine rings is 1. The molecule has 98 valence electrons. The van der Waals surface area contributed by atoms with Crippen LogP contribution in [0.15, 0.2) is 30.3 Å². The first-order chi connectivity index (χ1) is 8.27. The molecule has 1 saturated heterocycles. The molecule has 1 fully saturated rings. The number of amides is 3. The molecule has 1 aliphatic rings. The second kappa shape index (κ2) is 6.98. The first-order valence-corrected chi connectivity index (χ1v) is 5.63. The lowest BCUT2D eigenvalue weighted by molar-refractivity contribution is 0.0950. The summed E-state index contributed by atoms with van der Waals surface area (Å²) in [7, 11) is 0. The van der Waals surface area contributed by atoms with Crippen LogP contribution in [0.3, 0.4) is 0 Å². The average molecular weight is 270 g/mol. The zero-order valence-corrected chi connectivity index (χ0v) is 10.7. The van der Waals surface area contributed by atoms with Crippen molar-refractivity contribution in [2.24, 2.45) is 0 Å². The normalized spacial score (nSPS) is 14.6. The van der Waals surface area contributed by atoms with Crippen molar-refractivity contribution >= 4 is 24.3 Å². The molecule has 0 saturated carbocycles. The Morgan fingerprint density at radius 1 is 1.11 bits per heavy atom. The van der Waals surface area contributed by atoms with Gasteiger partial charge in [0, 0.05) is 31.7 Å². The molecule has 6 heteroatoms. The number of rotatable bonds is 1. The predicted octanol–water partition coefficient (Wildman–Crippen LogP) is 0.863. The van der Waals surface area contributed by atoms with E-state index in [4.69, 9.17) is 0 Å². The minimum absolute atomic E-state index is 0. The van der Waals surface area contributed by atoms with Crippen LogP contribution >= 0.6 is 12.4 Å². The van der Waals surface area contributed by atoms with E-state index in [1.54, 1.807) is 29.2 Å². The molecule has 3 amide bonds. The topological polar surface area (TPSA) is 61.4 Å². The van der Waals surface area contributed by atoms with Crippen molar-refractivity contribution in [3.63, 3.8) is 0 Å². The Hall–Kier alpha value is -1.59. The van der Waals surface area contributed by atoms with E-state index in [0.29, 0.717) is 18.7 Å². The molecule has 0 atom stereocenters. The van der Waals surface area contributed by atoms with Gasteiger partial charge in [0.1, 0.15) is 0 Å². The van der Waals surface area contributed by atoms with E-state index in [1.807, 2.05) is 6.07 Å². The summed E-state index contributed by atoms with van der Waals surface area (Å²) in [5.41, 5.74) is 0.496. The summed E-state index contributed by atoms with van der Waals surface area (Å²) in [5, 5.41) is 5.53. The minimum atomic E-state index is -0.353. The van der Waals surface area contributed by atoms with Crippen LogP contribution in [0.2, 0.25) is 0 Å². The highest BCUT2D eigenvalue weighted by atomic mass is 35.5. The summed E-state index contributed by atoms with van der Waals surface area (Å²) in [6.45, 7) is 2.81. The maximum atomic E-state index is 11.7. The van der Waals surface area contributed by atoms with E-state index < -0.39 is 0 Å². The SMILES string of the molecule is Cl.O=C(NC(=O)N1CCNCC1)c1ccccc1. The molecular formula is C12H16ClN3O2. The number of nitrogens with zero attached hydrogens (tertiary/aromatic N) is 1. The van der Waals surface area contributed by atoms with Crippen molar-refractivity contribution in [3.05, 3.63) is 35.9 Å². The smallest absolute Gasteiger partial charge is 0.322 e. The fourth-order valence-electron chi connectivity index (χ4n) is 1.71. The maximum absolute atomic E-state index is 11.7. The van der Waals surface area contributed by atoms with Gasteiger partial charge in [0.2, 0.25) is 0 Å². The van der Waals surface area contributed by atoms with Crippen LogP contribution in [-0.4, -0.2) is 43.0 Å². The van der Waals surface area contributed by atoms with Crippen molar-refractivity contribution in [2.45, 2.75) is 0 Å². The molecule has 18 heavy (non-hydrogen) atoms. The molecule has 0 spiro atoms. The summed E-state index contributed by atoms with van der Waals surface area (Å²) in [4.78, 5) is 25.1. The van der Waals surface area contributed by atoms with Crippen molar-refractivity contribution in [3.8, 4) is 0 Å². The van der Waals surface area contributed by atoms with E-state index in [9.17, 15) is 9.59 Å². The van der Waals surface area contributed by atoms with Gasteiger partial charge in [-0.25, -0.2) is 4.79 Å². The molecule has 2 N–H and O–H groups in total. The Kier molecular flexibility index (Phi) is 5.61. The average Bonchev–Trinajstić information content (AvgIpc) is 2.40. The van der Waals surface area contributed by atoms with Crippen LogP contribution in [0.4, 0.5) is 4.79 Å². The largest absolute Gasteiger partial charge is 0.324 e. The summed E-state index contributed by atoms with van der Waals surface area (Å²) in [5.74, 6) is -0.353. The Morgan fingerprint density at radius 2 is 1.72 bits per heavy atom. The lowest BCUT2D eigenvalue weighted by atomic mass is 10.2. The molecule has 0 aromatic heterocycles. The molecule has 0 bridgehead atoms. The number of imide groups is 1. The van der Waals surface area contributed by atoms with Gasteiger partial charge in [-0.15, -0.1) is 12.4 Å². The van der Waals surface area contributed by atoms with Crippen molar-refractivity contribution in [1.82, 2.24) is 15.5 Å². The van der Waals surface area contributed by atoms with Crippen LogP contribution in [0.5, 0.6) is 0 Å². The fraction of sp³-hybridized carbons (Fsp3) is 0.333. The van der Waals surface area contributed by atoms with E-state index in [2.05, 4.69) is 10.6 Å². The molecule has 5 nitrogen and oxygen atoms in total. The van der Waals surface area contributed by atoms with Crippen LogP contribution in [-0.2, 0) is 0 Å². The van der Waals surface area contributed by atoms with Crippen molar-refractivity contribution in [2.75, 3.05) is 26.2 Å². The number of hydrogen-bond acceptors (Lipinski definition) is 3. The molecule has 1 heterocycles. The Morgan fingerprint density at radius 3 is 2.33 bits per heavy atom. The van der Waals surface area contributed by atoms with E-state index in [-0.39, 0.29) is 24.3 Å². The zero-order valence-electron chi connectivity index (χ0n) is 9.89. The number of nitrogens with one attached hydrogen (secondary N) is 2. The summed E-state index contributed by atoms with van der Waals surface area (Å²) < 4.78 is 0. The van der Waals surface area contributed by atoms with Gasteiger partial charge < -0.3 is 10.2 Å². The third kappa shape index (κ3) is 3.72. The number of hydrogen-bond donors (Lipinski definition) is 2. The number of benzene rings is 1. The van der Waals surface area contributed by atoms with Crippen LogP contribution < -0.4 is 10.6 Å². The molecular weight excluding hydrogens is 254 g/mol. The van der Waals surface area contributed by atoms with Crippen molar-refractivity contribution in [1.29, 1.82) is 0 Å². The van der Waals surface area contributed by atoms with Gasteiger partial charge in [0.25, 0.3) is 5.91 Å². The van der Waals surface area contributed by atoms with Crippen LogP contribution in [0.25, 0.3) is 0 Å². The predicted molar refractivity (Wildman–Crippen MR) is 71.0 cm³/mol. The lowest BCUT2D eigenvalue weighted by Crippen LogP contribution is -2.51. The highest BCUT2D eigenvalue weighted by Crippen LogP contribution is 1.99. The zero-order chi connectivity index (χ0) is 12.1. The maximum Gasteiger partial charge on any atom is 0.324 e. The number of carbonyl (C=O) groups excluding carboxylic acids is 2. The van der Waals surface area contributed by atoms with E-state index >= 15 is 0 Å². The molecule has 2 rings (SSSR count). The quantitative estimate of drug-likeness (QED) is 0.795. The number of halogens is 1. The monoisotopic (exact) mass is 269 g/mol. The van der Waals surface area contributed by atoms with Crippen LogP contribution in [0, 0.1) is 0 Å². The van der Waals surface area contributed by atoms with Gasteiger partial charge in [-0.2, -0.15) is 0 Å². The van der Waals surface area contributed by atoms with Gasteiger partial charge in [-0.1, -0.05) is 18.2 Å². The fourth-order valence-corrected chi connectivity index (χ4v) is 1.71. The highest BCUT2D eigenvalue weighted by molar-refractivity contribution is 6.04. The molecule has 1 aromatic carbocycles. The van der Waals surface area contributed by atoms with Gasteiger partial charge in [0.15, 0.2) is 0 Å². The standard InChI is InChI=1S/C12H15N3O2.ClH/c16-11(10-4-2-1-3-5-10)14-12(17)15-8-6-13-7-9-15;/h1-5,13H,6-9H2,(H,14,16,17);1H. The number of urea groups is 1. The van der Waals surface area contributed by atoms with Gasteiger partial charge in [-0.05, 0) is 12.1 Å². The second-order valence-corrected chi connectivity index (χ2v) is 3.86. The van der Waals surface area contributed by atoms with Crippen LogP contribution in [0.1, 0.15) is 10.4 Å². The highest BCUT2D eigenvalue weighted by Gasteiger charge is 2.18. The second-order valence-electron chi connectivity index (χ2n) is 3.86. The van der Waals surface area contributed by atoms with Gasteiger partial charge >= 0.3 is 6.03 Å². The Labute approximate surface area is 112 Å². The van der Waals surface area contributed by atoms with E-state index in [0.717, 1.165) is 13.1 Å². The first kappa shape index (κ1) is 14.5. The molecule has 0 radical (unpaired) electrons. The minimum Gasteiger partial charge on any atom is -0.322 e. The molecule has 1 aliphatic heterocycles. The number of carbonyl (C=O) groups is 2. The third-order valence-electron chi connectivity index (χ3n) is 2.66. The summed E-state index contributed by atoms with van der Waals surface area (Å²) >= 11 is 0. The van der Waals surface area contributed by atoms with Crippen molar-refractivity contribution < 1.29 is 9.59 Å². The van der Waals surface area contributed by atoms with Gasteiger partial charge in [0.05, 0.1) is 0 Å². The lowest BCUT2D eigenvalue weighted by Gasteiger charge is -2.27. The Bertz CT molecular complexity index is 405. The third-order valence-corrected chi connectivity index (χ3v) is 2.66. The van der Waals surface area contributed by atoms with E-state index in [1.165, 1.54) is 0 Å².